The van der Waals surface area contributed by atoms with Crippen molar-refractivity contribution in [2.24, 2.45) is 11.8 Å². The molecule has 2 nitrogen and oxygen atoms in total. The number of rotatable bonds is 2. The van der Waals surface area contributed by atoms with Crippen LogP contribution >= 0.6 is 0 Å². The van der Waals surface area contributed by atoms with Crippen LogP contribution in [0.3, 0.4) is 0 Å². The third kappa shape index (κ3) is 2.37. The summed E-state index contributed by atoms with van der Waals surface area (Å²) in [7, 11) is 0. The first-order valence-electron chi connectivity index (χ1n) is 8.70. The summed E-state index contributed by atoms with van der Waals surface area (Å²) in [6.45, 7) is 4.09. The van der Waals surface area contributed by atoms with Gasteiger partial charge < -0.3 is 5.11 Å². The van der Waals surface area contributed by atoms with Crippen LogP contribution in [-0.4, -0.2) is 10.9 Å². The maximum Gasteiger partial charge on any atom is 0.169 e. The predicted molar refractivity (Wildman–Crippen MR) is 96.7 cm³/mol. The van der Waals surface area contributed by atoms with Gasteiger partial charge in [-0.15, -0.1) is 0 Å². The topological polar surface area (TPSA) is 37.3 Å². The van der Waals surface area contributed by atoms with Crippen molar-refractivity contribution >= 4 is 11.4 Å². The van der Waals surface area contributed by atoms with Crippen LogP contribution in [0.1, 0.15) is 36.0 Å². The lowest BCUT2D eigenvalue weighted by Crippen LogP contribution is -2.21. The summed E-state index contributed by atoms with van der Waals surface area (Å²) in [5.41, 5.74) is 5.95. The number of fused-ring (bicyclic) bond motifs is 2. The molecule has 0 heterocycles. The van der Waals surface area contributed by atoms with E-state index in [2.05, 4.69) is 49.4 Å². The minimum Gasteiger partial charge on any atom is -0.511 e. The maximum atomic E-state index is 12.8. The van der Waals surface area contributed by atoms with Gasteiger partial charge in [0.15, 0.2) is 5.78 Å². The number of ketones is 1. The Morgan fingerprint density at radius 2 is 1.58 bits per heavy atom. The number of carbonyl (C=O) groups excluding carboxylic acids is 1. The van der Waals surface area contributed by atoms with E-state index in [1.807, 2.05) is 6.92 Å². The average Bonchev–Trinajstić information content (AvgIpc) is 3.03. The molecule has 2 bridgehead atoms. The monoisotopic (exact) mass is 318 g/mol. The van der Waals surface area contributed by atoms with Gasteiger partial charge in [0, 0.05) is 11.8 Å². The summed E-state index contributed by atoms with van der Waals surface area (Å²) in [4.78, 5) is 12.8. The molecule has 2 aliphatic carbocycles. The first-order valence-corrected chi connectivity index (χ1v) is 8.70. The zero-order valence-corrected chi connectivity index (χ0v) is 14.2. The molecule has 2 aromatic carbocycles. The molecular formula is C22H22O2. The SMILES string of the molecule is Cc1ccc(-c2ccc(C)c(C3=C(O)C4CCC(C4)C3=O)c2)cc1. The van der Waals surface area contributed by atoms with Gasteiger partial charge in [0.2, 0.25) is 0 Å². The highest BCUT2D eigenvalue weighted by Gasteiger charge is 2.41. The number of aliphatic hydroxyl groups is 1. The summed E-state index contributed by atoms with van der Waals surface area (Å²) in [5.74, 6) is 0.719. The molecule has 4 rings (SSSR count). The van der Waals surface area contributed by atoms with Gasteiger partial charge in [-0.3, -0.25) is 4.79 Å². The van der Waals surface area contributed by atoms with Crippen LogP contribution in [0.25, 0.3) is 16.7 Å². The van der Waals surface area contributed by atoms with Crippen molar-refractivity contribution in [3.63, 3.8) is 0 Å². The zero-order chi connectivity index (χ0) is 16.8. The number of allylic oxidation sites excluding steroid dienone is 2. The molecule has 1 fully saturated rings. The third-order valence-electron chi connectivity index (χ3n) is 5.58. The van der Waals surface area contributed by atoms with Crippen molar-refractivity contribution in [2.45, 2.75) is 33.1 Å². The van der Waals surface area contributed by atoms with E-state index in [9.17, 15) is 9.90 Å². The van der Waals surface area contributed by atoms with Gasteiger partial charge in [-0.05, 0) is 61.4 Å². The number of hydrogen-bond donors (Lipinski definition) is 1. The van der Waals surface area contributed by atoms with Crippen LogP contribution in [0.5, 0.6) is 0 Å². The van der Waals surface area contributed by atoms with Gasteiger partial charge in [0.25, 0.3) is 0 Å². The number of benzene rings is 2. The van der Waals surface area contributed by atoms with E-state index in [4.69, 9.17) is 0 Å². The van der Waals surface area contributed by atoms with Crippen molar-refractivity contribution in [3.8, 4) is 11.1 Å². The van der Waals surface area contributed by atoms with Crippen LogP contribution in [0.15, 0.2) is 48.2 Å². The Hall–Kier alpha value is -2.35. The van der Waals surface area contributed by atoms with Crippen molar-refractivity contribution in [1.82, 2.24) is 0 Å². The zero-order valence-electron chi connectivity index (χ0n) is 14.2. The number of Topliss-reactive ketones (excluding diaryl/α,β-unsaturated/α-hetero) is 1. The fourth-order valence-corrected chi connectivity index (χ4v) is 4.09. The van der Waals surface area contributed by atoms with Gasteiger partial charge in [-0.2, -0.15) is 0 Å². The van der Waals surface area contributed by atoms with E-state index in [1.165, 1.54) is 5.56 Å². The molecule has 2 heteroatoms. The summed E-state index contributed by atoms with van der Waals surface area (Å²) in [6, 6.07) is 14.6. The van der Waals surface area contributed by atoms with Gasteiger partial charge in [-0.1, -0.05) is 42.0 Å². The van der Waals surface area contributed by atoms with Gasteiger partial charge in [0.05, 0.1) is 5.57 Å². The fraction of sp³-hybridized carbons (Fsp3) is 0.318. The Labute approximate surface area is 142 Å². The Morgan fingerprint density at radius 3 is 2.33 bits per heavy atom. The molecule has 2 aromatic rings. The van der Waals surface area contributed by atoms with Gasteiger partial charge >= 0.3 is 0 Å². The van der Waals surface area contributed by atoms with Crippen LogP contribution in [0, 0.1) is 25.7 Å². The standard InChI is InChI=1S/C22H22O2/c1-13-3-6-15(7-4-13)16-8-5-14(2)19(12-16)20-21(23)17-9-10-18(11-17)22(20)24/h3-8,12,17-18,23H,9-11H2,1-2H3. The van der Waals surface area contributed by atoms with E-state index >= 15 is 0 Å². The Kier molecular flexibility index (Phi) is 3.56. The number of aryl methyl sites for hydroxylation is 2. The van der Waals surface area contributed by atoms with Crippen LogP contribution in [-0.2, 0) is 4.79 Å². The molecule has 0 aromatic heterocycles. The number of aliphatic hydroxyl groups excluding tert-OH is 1. The second kappa shape index (κ2) is 5.62. The quantitative estimate of drug-likeness (QED) is 0.822. The van der Waals surface area contributed by atoms with Gasteiger partial charge in [0.1, 0.15) is 5.76 Å². The molecule has 0 spiro atoms. The largest absolute Gasteiger partial charge is 0.511 e. The highest BCUT2D eigenvalue weighted by molar-refractivity contribution is 6.23. The number of carbonyl (C=O) groups is 1. The molecule has 2 atom stereocenters. The van der Waals surface area contributed by atoms with Crippen molar-refractivity contribution < 1.29 is 9.90 Å². The van der Waals surface area contributed by atoms with Crippen molar-refractivity contribution in [2.75, 3.05) is 0 Å². The highest BCUT2D eigenvalue weighted by atomic mass is 16.3. The second-order valence-corrected chi connectivity index (χ2v) is 7.23. The second-order valence-electron chi connectivity index (χ2n) is 7.23. The molecule has 2 aliphatic rings. The van der Waals surface area contributed by atoms with E-state index in [0.29, 0.717) is 11.3 Å². The normalized spacial score (nSPS) is 23.0. The lowest BCUT2D eigenvalue weighted by molar-refractivity contribution is -0.117. The average molecular weight is 318 g/mol. The molecular weight excluding hydrogens is 296 g/mol. The van der Waals surface area contributed by atoms with Gasteiger partial charge in [-0.25, -0.2) is 0 Å². The Bertz CT molecular complexity index is 843. The Morgan fingerprint density at radius 1 is 0.917 bits per heavy atom. The summed E-state index contributed by atoms with van der Waals surface area (Å²) >= 11 is 0. The van der Waals surface area contributed by atoms with E-state index in [1.54, 1.807) is 0 Å². The molecule has 0 amide bonds. The molecule has 0 aliphatic heterocycles. The minimum absolute atomic E-state index is 0.100. The fourth-order valence-electron chi connectivity index (χ4n) is 4.09. The molecule has 0 saturated heterocycles. The first kappa shape index (κ1) is 15.2. The van der Waals surface area contributed by atoms with Crippen LogP contribution in [0.2, 0.25) is 0 Å². The van der Waals surface area contributed by atoms with Crippen molar-refractivity contribution in [3.05, 3.63) is 64.9 Å². The number of hydrogen-bond acceptors (Lipinski definition) is 2. The van der Waals surface area contributed by atoms with E-state index < -0.39 is 0 Å². The summed E-state index contributed by atoms with van der Waals surface area (Å²) < 4.78 is 0. The highest BCUT2D eigenvalue weighted by Crippen LogP contribution is 2.46. The van der Waals surface area contributed by atoms with Crippen LogP contribution in [0.4, 0.5) is 0 Å². The molecule has 0 radical (unpaired) electrons. The van der Waals surface area contributed by atoms with Crippen LogP contribution < -0.4 is 0 Å². The first-order chi connectivity index (χ1) is 11.5. The minimum atomic E-state index is 0.100. The smallest absolute Gasteiger partial charge is 0.169 e. The summed E-state index contributed by atoms with van der Waals surface area (Å²) in [6.07, 6.45) is 2.67. The molecule has 24 heavy (non-hydrogen) atoms. The lowest BCUT2D eigenvalue weighted by Gasteiger charge is -2.23. The maximum absolute atomic E-state index is 12.8. The lowest BCUT2D eigenvalue weighted by atomic mass is 9.81. The van der Waals surface area contributed by atoms with E-state index in [-0.39, 0.29) is 17.6 Å². The van der Waals surface area contributed by atoms with E-state index in [0.717, 1.165) is 41.5 Å². The Balaban J connectivity index is 1.84. The molecule has 2 unspecified atom stereocenters. The molecule has 1 N–H and O–H groups in total. The van der Waals surface area contributed by atoms with Crippen molar-refractivity contribution in [1.29, 1.82) is 0 Å². The predicted octanol–water partition coefficient (Wildman–Crippen LogP) is 5.24. The molecule has 1 saturated carbocycles. The summed E-state index contributed by atoms with van der Waals surface area (Å²) in [5, 5.41) is 10.7. The molecule has 122 valence electrons. The third-order valence-corrected chi connectivity index (χ3v) is 5.58.